The molecule has 0 radical (unpaired) electrons. The predicted octanol–water partition coefficient (Wildman–Crippen LogP) is 8.45. The maximum absolute atomic E-state index is 13.2. The monoisotopic (exact) mass is 495 g/mol. The van der Waals surface area contributed by atoms with Gasteiger partial charge in [-0.3, -0.25) is 4.99 Å². The molecule has 0 aromatic heterocycles. The zero-order valence-corrected chi connectivity index (χ0v) is 18.7. The first kappa shape index (κ1) is 23.9. The van der Waals surface area contributed by atoms with Gasteiger partial charge in [-0.1, -0.05) is 78.9 Å². The minimum atomic E-state index is -4.48. The van der Waals surface area contributed by atoms with E-state index < -0.39 is 35.4 Å². The average Bonchev–Trinajstić information content (AvgIpc) is 2.87. The summed E-state index contributed by atoms with van der Waals surface area (Å²) < 4.78 is 79.2. The molecule has 0 saturated heterocycles. The van der Waals surface area contributed by atoms with Crippen molar-refractivity contribution in [1.82, 2.24) is 0 Å². The maximum atomic E-state index is 13.2. The minimum Gasteiger partial charge on any atom is -0.275 e. The van der Waals surface area contributed by atoms with Gasteiger partial charge in [0.15, 0.2) is 0 Å². The van der Waals surface area contributed by atoms with Crippen molar-refractivity contribution < 1.29 is 26.3 Å². The van der Waals surface area contributed by atoms with E-state index in [2.05, 4.69) is 0 Å². The van der Waals surface area contributed by atoms with Crippen LogP contribution in [0.5, 0.6) is 0 Å². The molecule has 2 atom stereocenters. The average molecular weight is 495 g/mol. The number of aliphatic imine (C=N–C) groups is 1. The molecular weight excluding hydrogens is 476 g/mol. The third kappa shape index (κ3) is 4.53. The van der Waals surface area contributed by atoms with E-state index in [1.54, 1.807) is 0 Å². The lowest BCUT2D eigenvalue weighted by molar-refractivity contribution is -0.138. The highest BCUT2D eigenvalue weighted by Gasteiger charge is 2.36. The van der Waals surface area contributed by atoms with Crippen molar-refractivity contribution in [3.63, 3.8) is 0 Å². The second-order valence-electron chi connectivity index (χ2n) is 8.59. The number of benzene rings is 4. The van der Waals surface area contributed by atoms with Crippen molar-refractivity contribution in [3.05, 3.63) is 142 Å². The van der Waals surface area contributed by atoms with Crippen molar-refractivity contribution in [3.8, 4) is 0 Å². The fourth-order valence-electron chi connectivity index (χ4n) is 4.64. The van der Waals surface area contributed by atoms with Crippen molar-refractivity contribution in [1.29, 1.82) is 0 Å². The zero-order chi connectivity index (χ0) is 25.5. The van der Waals surface area contributed by atoms with Crippen LogP contribution in [0.3, 0.4) is 0 Å². The van der Waals surface area contributed by atoms with Gasteiger partial charge in [-0.2, -0.15) is 26.3 Å². The van der Waals surface area contributed by atoms with Crippen molar-refractivity contribution in [2.24, 2.45) is 4.99 Å². The summed E-state index contributed by atoms with van der Waals surface area (Å²) in [6.45, 7) is 0. The number of rotatable bonds is 3. The topological polar surface area (TPSA) is 12.4 Å². The molecule has 0 fully saturated rings. The molecule has 36 heavy (non-hydrogen) atoms. The number of hydrogen-bond donors (Lipinski definition) is 0. The third-order valence-electron chi connectivity index (χ3n) is 6.36. The Kier molecular flexibility index (Phi) is 5.94. The lowest BCUT2D eigenvalue weighted by Gasteiger charge is -2.33. The summed E-state index contributed by atoms with van der Waals surface area (Å²) in [6.07, 6.45) is -8.96. The molecule has 1 nitrogen and oxygen atoms in total. The van der Waals surface area contributed by atoms with E-state index in [0.29, 0.717) is 16.8 Å². The number of nitrogens with zero attached hydrogens (tertiary/aromatic N) is 1. The molecule has 182 valence electrons. The van der Waals surface area contributed by atoms with Gasteiger partial charge < -0.3 is 0 Å². The van der Waals surface area contributed by atoms with Crippen LogP contribution in [-0.2, 0) is 12.4 Å². The Morgan fingerprint density at radius 3 is 1.58 bits per heavy atom. The lowest BCUT2D eigenvalue weighted by Crippen LogP contribution is -2.23. The van der Waals surface area contributed by atoms with Crippen LogP contribution in [0.4, 0.5) is 26.3 Å². The lowest BCUT2D eigenvalue weighted by atomic mass is 9.76. The highest BCUT2D eigenvalue weighted by molar-refractivity contribution is 6.14. The van der Waals surface area contributed by atoms with Crippen LogP contribution in [0.25, 0.3) is 0 Å². The van der Waals surface area contributed by atoms with Gasteiger partial charge in [-0.15, -0.1) is 0 Å². The van der Waals surface area contributed by atoms with E-state index >= 15 is 0 Å². The zero-order valence-electron chi connectivity index (χ0n) is 18.7. The molecular formula is C29H19F6N. The Labute approximate surface area is 203 Å². The highest BCUT2D eigenvalue weighted by Crippen LogP contribution is 2.46. The normalized spacial score (nSPS) is 17.9. The second kappa shape index (κ2) is 8.97. The van der Waals surface area contributed by atoms with Gasteiger partial charge in [-0.25, -0.2) is 0 Å². The van der Waals surface area contributed by atoms with Crippen LogP contribution >= 0.6 is 0 Å². The Hall–Kier alpha value is -3.87. The van der Waals surface area contributed by atoms with E-state index in [1.807, 2.05) is 54.6 Å². The smallest absolute Gasteiger partial charge is 0.275 e. The Morgan fingerprint density at radius 1 is 0.528 bits per heavy atom. The van der Waals surface area contributed by atoms with Gasteiger partial charge in [0.2, 0.25) is 0 Å². The van der Waals surface area contributed by atoms with Crippen LogP contribution < -0.4 is 0 Å². The number of fused-ring (bicyclic) bond motifs is 1. The Bertz CT molecular complexity index is 1390. The Morgan fingerprint density at radius 2 is 1.03 bits per heavy atom. The molecule has 0 amide bonds. The Balaban J connectivity index is 1.69. The third-order valence-corrected chi connectivity index (χ3v) is 6.36. The molecule has 5 rings (SSSR count). The number of hydrogen-bond acceptors (Lipinski definition) is 1. The fraction of sp³-hybridized carbons (Fsp3) is 0.138. The van der Waals surface area contributed by atoms with Crippen LogP contribution in [0.1, 0.15) is 50.9 Å². The highest BCUT2D eigenvalue weighted by atomic mass is 19.4. The summed E-state index contributed by atoms with van der Waals surface area (Å²) >= 11 is 0. The summed E-state index contributed by atoms with van der Waals surface area (Å²) in [5.74, 6) is -0.493. The van der Waals surface area contributed by atoms with E-state index in [0.717, 1.165) is 41.0 Å². The maximum Gasteiger partial charge on any atom is 0.416 e. The first-order valence-electron chi connectivity index (χ1n) is 11.2. The molecule has 0 bridgehead atoms. The van der Waals surface area contributed by atoms with Gasteiger partial charge in [0.25, 0.3) is 0 Å². The molecule has 4 aromatic rings. The minimum absolute atomic E-state index is 0.493. The predicted molar refractivity (Wildman–Crippen MR) is 126 cm³/mol. The summed E-state index contributed by atoms with van der Waals surface area (Å²) in [6, 6.07) is 26.0. The quantitative estimate of drug-likeness (QED) is 0.253. The standard InChI is InChI=1S/C29H19F6N/c30-28(31,32)21-14-10-18(11-15-21)25-23-8-4-5-9-24(23)26(19-6-2-1-3-7-19)36-27(25)20-12-16-22(17-13-20)29(33,34)35/h1-17,25,27H/t25-,27-/m0/s1. The van der Waals surface area contributed by atoms with E-state index in [9.17, 15) is 26.3 Å². The molecule has 4 aromatic carbocycles. The summed E-state index contributed by atoms with van der Waals surface area (Å²) in [5, 5.41) is 0. The van der Waals surface area contributed by atoms with Crippen molar-refractivity contribution >= 4 is 5.71 Å². The first-order valence-corrected chi connectivity index (χ1v) is 11.2. The molecule has 0 N–H and O–H groups in total. The number of halogens is 6. The molecule has 7 heteroatoms. The number of alkyl halides is 6. The second-order valence-corrected chi connectivity index (χ2v) is 8.59. The molecule has 1 aliphatic heterocycles. The molecule has 0 saturated carbocycles. The van der Waals surface area contributed by atoms with Crippen LogP contribution in [0.2, 0.25) is 0 Å². The van der Waals surface area contributed by atoms with Gasteiger partial charge in [-0.05, 0) is 41.0 Å². The summed E-state index contributed by atoms with van der Waals surface area (Å²) in [4.78, 5) is 5.00. The summed E-state index contributed by atoms with van der Waals surface area (Å²) in [5.41, 5.74) is 2.78. The van der Waals surface area contributed by atoms with E-state index in [4.69, 9.17) is 4.99 Å². The fourth-order valence-corrected chi connectivity index (χ4v) is 4.64. The van der Waals surface area contributed by atoms with E-state index in [-0.39, 0.29) is 0 Å². The first-order chi connectivity index (χ1) is 17.1. The summed E-state index contributed by atoms with van der Waals surface area (Å²) in [7, 11) is 0. The van der Waals surface area contributed by atoms with E-state index in [1.165, 1.54) is 24.3 Å². The van der Waals surface area contributed by atoms with Crippen LogP contribution in [0, 0.1) is 0 Å². The van der Waals surface area contributed by atoms with Gasteiger partial charge in [0.05, 0.1) is 22.9 Å². The van der Waals surface area contributed by atoms with Gasteiger partial charge in [0, 0.05) is 17.0 Å². The molecule has 1 aliphatic rings. The van der Waals surface area contributed by atoms with Crippen molar-refractivity contribution in [2.45, 2.75) is 24.3 Å². The van der Waals surface area contributed by atoms with Gasteiger partial charge >= 0.3 is 12.4 Å². The largest absolute Gasteiger partial charge is 0.416 e. The van der Waals surface area contributed by atoms with Crippen LogP contribution in [-0.4, -0.2) is 5.71 Å². The van der Waals surface area contributed by atoms with Crippen LogP contribution in [0.15, 0.2) is 108 Å². The molecule has 0 spiro atoms. The molecule has 0 aliphatic carbocycles. The molecule has 1 heterocycles. The van der Waals surface area contributed by atoms with Crippen molar-refractivity contribution in [2.75, 3.05) is 0 Å². The van der Waals surface area contributed by atoms with Gasteiger partial charge in [0.1, 0.15) is 0 Å². The SMILES string of the molecule is FC(F)(F)c1ccc([C@H]2c3ccccc3C(c3ccccc3)=N[C@H]2c2ccc(C(F)(F)F)cc2)cc1. The molecule has 0 unspecified atom stereocenters.